The van der Waals surface area contributed by atoms with Crippen molar-refractivity contribution < 1.29 is 0 Å². The summed E-state index contributed by atoms with van der Waals surface area (Å²) in [7, 11) is 0. The van der Waals surface area contributed by atoms with Gasteiger partial charge in [-0.3, -0.25) is 0 Å². The molecule has 0 N–H and O–H groups in total. The lowest BCUT2D eigenvalue weighted by atomic mass is 9.83. The van der Waals surface area contributed by atoms with Crippen LogP contribution in [0.1, 0.15) is 77.6 Å². The molecule has 0 unspecified atom stereocenters. The first kappa shape index (κ1) is 13.5. The highest BCUT2D eigenvalue weighted by Crippen LogP contribution is 2.43. The highest BCUT2D eigenvalue weighted by Gasteiger charge is 2.31. The minimum atomic E-state index is 0.699. The van der Waals surface area contributed by atoms with Crippen LogP contribution in [-0.4, -0.2) is 5.33 Å². The molecule has 0 atom stereocenters. The Morgan fingerprint density at radius 2 is 1.53 bits per heavy atom. The van der Waals surface area contributed by atoms with Crippen molar-refractivity contribution in [3.8, 4) is 0 Å². The maximum Gasteiger partial charge on any atom is 0.00879 e. The number of halogens is 1. The van der Waals surface area contributed by atoms with Gasteiger partial charge in [-0.2, -0.15) is 0 Å². The van der Waals surface area contributed by atoms with E-state index in [0.29, 0.717) is 5.41 Å². The van der Waals surface area contributed by atoms with E-state index in [2.05, 4.69) is 22.9 Å². The molecule has 0 heterocycles. The zero-order valence-electron chi connectivity index (χ0n) is 10.4. The molecule has 0 aromatic carbocycles. The fraction of sp³-hybridized carbons (Fsp3) is 1.00. The normalized spacial score (nSPS) is 19.6. The Hall–Kier alpha value is 0.480. The number of rotatable bonds is 8. The topological polar surface area (TPSA) is 0 Å². The molecule has 1 rings (SSSR count). The zero-order valence-corrected chi connectivity index (χ0v) is 11.9. The Morgan fingerprint density at radius 1 is 0.933 bits per heavy atom. The third kappa shape index (κ3) is 4.89. The molecule has 0 spiro atoms. The molecule has 0 amide bonds. The maximum atomic E-state index is 3.73. The van der Waals surface area contributed by atoms with E-state index >= 15 is 0 Å². The van der Waals surface area contributed by atoms with Crippen LogP contribution in [0.2, 0.25) is 0 Å². The van der Waals surface area contributed by atoms with Gasteiger partial charge in [0.1, 0.15) is 0 Å². The van der Waals surface area contributed by atoms with Gasteiger partial charge in [0, 0.05) is 5.33 Å². The molecule has 1 fully saturated rings. The first-order chi connectivity index (χ1) is 7.33. The first-order valence-corrected chi connectivity index (χ1v) is 8.01. The van der Waals surface area contributed by atoms with E-state index in [9.17, 15) is 0 Å². The van der Waals surface area contributed by atoms with Crippen LogP contribution in [0.5, 0.6) is 0 Å². The van der Waals surface area contributed by atoms with Gasteiger partial charge < -0.3 is 0 Å². The molecule has 90 valence electrons. The summed E-state index contributed by atoms with van der Waals surface area (Å²) in [6.45, 7) is 2.29. The smallest absolute Gasteiger partial charge is 0.00879 e. The standard InChI is InChI=1S/C14H27Br/c1-2-3-4-5-6-7-10-14(13-15)11-8-9-12-14/h2-13H2,1H3. The second-order valence-corrected chi connectivity index (χ2v) is 5.92. The highest BCUT2D eigenvalue weighted by molar-refractivity contribution is 9.09. The van der Waals surface area contributed by atoms with Gasteiger partial charge in [0.25, 0.3) is 0 Å². The summed E-state index contributed by atoms with van der Waals surface area (Å²) in [6.07, 6.45) is 16.0. The molecule has 15 heavy (non-hydrogen) atoms. The van der Waals surface area contributed by atoms with Gasteiger partial charge in [-0.15, -0.1) is 0 Å². The first-order valence-electron chi connectivity index (χ1n) is 6.89. The van der Waals surface area contributed by atoms with Gasteiger partial charge in [-0.05, 0) is 24.7 Å². The Balaban J connectivity index is 2.02. The van der Waals surface area contributed by atoms with Gasteiger partial charge in [-0.25, -0.2) is 0 Å². The van der Waals surface area contributed by atoms with Crippen LogP contribution in [0.25, 0.3) is 0 Å². The van der Waals surface area contributed by atoms with Crippen LogP contribution in [0.4, 0.5) is 0 Å². The van der Waals surface area contributed by atoms with E-state index in [1.165, 1.54) is 76.0 Å². The molecule has 0 aromatic rings. The lowest BCUT2D eigenvalue weighted by Gasteiger charge is -2.26. The largest absolute Gasteiger partial charge is 0.0922 e. The third-order valence-electron chi connectivity index (χ3n) is 4.01. The molecule has 1 heteroatoms. The van der Waals surface area contributed by atoms with Crippen LogP contribution < -0.4 is 0 Å². The summed E-state index contributed by atoms with van der Waals surface area (Å²) >= 11 is 3.73. The monoisotopic (exact) mass is 274 g/mol. The third-order valence-corrected chi connectivity index (χ3v) is 5.20. The number of alkyl halides is 1. The number of hydrogen-bond acceptors (Lipinski definition) is 0. The predicted molar refractivity (Wildman–Crippen MR) is 72.7 cm³/mol. The SMILES string of the molecule is CCCCCCCCC1(CBr)CCCC1. The van der Waals surface area contributed by atoms with E-state index in [1.54, 1.807) is 0 Å². The minimum absolute atomic E-state index is 0.699. The van der Waals surface area contributed by atoms with Crippen LogP contribution in [0.3, 0.4) is 0 Å². The van der Waals surface area contributed by atoms with E-state index in [4.69, 9.17) is 0 Å². The van der Waals surface area contributed by atoms with Crippen molar-refractivity contribution in [1.82, 2.24) is 0 Å². The average Bonchev–Trinajstić information content (AvgIpc) is 2.73. The fourth-order valence-electron chi connectivity index (χ4n) is 2.86. The lowest BCUT2D eigenvalue weighted by Crippen LogP contribution is -2.17. The van der Waals surface area contributed by atoms with Gasteiger partial charge >= 0.3 is 0 Å². The number of hydrogen-bond donors (Lipinski definition) is 0. The van der Waals surface area contributed by atoms with Crippen molar-refractivity contribution in [2.24, 2.45) is 5.41 Å². The summed E-state index contributed by atoms with van der Waals surface area (Å²) in [5.74, 6) is 0. The van der Waals surface area contributed by atoms with Gasteiger partial charge in [0.2, 0.25) is 0 Å². The molecule has 0 aromatic heterocycles. The van der Waals surface area contributed by atoms with Crippen molar-refractivity contribution in [1.29, 1.82) is 0 Å². The summed E-state index contributed by atoms with van der Waals surface area (Å²) in [4.78, 5) is 0. The van der Waals surface area contributed by atoms with Gasteiger partial charge in [-0.1, -0.05) is 74.2 Å². The lowest BCUT2D eigenvalue weighted by molar-refractivity contribution is 0.305. The van der Waals surface area contributed by atoms with Gasteiger partial charge in [0.05, 0.1) is 0 Å². The second-order valence-electron chi connectivity index (χ2n) is 5.36. The fourth-order valence-corrected chi connectivity index (χ4v) is 3.70. The van der Waals surface area contributed by atoms with Crippen LogP contribution in [0, 0.1) is 5.41 Å². The summed E-state index contributed by atoms with van der Waals surface area (Å²) in [6, 6.07) is 0. The van der Waals surface area contributed by atoms with Crippen molar-refractivity contribution in [3.63, 3.8) is 0 Å². The van der Waals surface area contributed by atoms with E-state index in [1.807, 2.05) is 0 Å². The quantitative estimate of drug-likeness (QED) is 0.394. The van der Waals surface area contributed by atoms with E-state index < -0.39 is 0 Å². The Kier molecular flexibility index (Phi) is 6.96. The minimum Gasteiger partial charge on any atom is -0.0922 e. The Morgan fingerprint density at radius 3 is 2.13 bits per heavy atom. The molecule has 0 aliphatic heterocycles. The van der Waals surface area contributed by atoms with Crippen LogP contribution in [-0.2, 0) is 0 Å². The van der Waals surface area contributed by atoms with Gasteiger partial charge in [0.15, 0.2) is 0 Å². The molecule has 1 saturated carbocycles. The van der Waals surface area contributed by atoms with Crippen molar-refractivity contribution in [2.45, 2.75) is 77.6 Å². The molecule has 0 saturated heterocycles. The second kappa shape index (κ2) is 7.70. The zero-order chi connectivity index (χ0) is 11.0. The van der Waals surface area contributed by atoms with Crippen molar-refractivity contribution in [3.05, 3.63) is 0 Å². The molecule has 0 bridgehead atoms. The summed E-state index contributed by atoms with van der Waals surface area (Å²) < 4.78 is 0. The Bertz CT molecular complexity index is 147. The molecular weight excluding hydrogens is 248 g/mol. The Labute approximate surface area is 104 Å². The predicted octanol–water partition coefficient (Wildman–Crippen LogP) is 5.69. The van der Waals surface area contributed by atoms with Crippen molar-refractivity contribution in [2.75, 3.05) is 5.33 Å². The van der Waals surface area contributed by atoms with E-state index in [-0.39, 0.29) is 0 Å². The van der Waals surface area contributed by atoms with Crippen molar-refractivity contribution >= 4 is 15.9 Å². The van der Waals surface area contributed by atoms with Crippen LogP contribution in [0.15, 0.2) is 0 Å². The van der Waals surface area contributed by atoms with Crippen LogP contribution >= 0.6 is 15.9 Å². The maximum absolute atomic E-state index is 3.73. The summed E-state index contributed by atoms with van der Waals surface area (Å²) in [5, 5.41) is 1.25. The molecule has 0 nitrogen and oxygen atoms in total. The molecule has 0 radical (unpaired) electrons. The van der Waals surface area contributed by atoms with E-state index in [0.717, 1.165) is 0 Å². The highest BCUT2D eigenvalue weighted by atomic mass is 79.9. The summed E-state index contributed by atoms with van der Waals surface area (Å²) in [5.41, 5.74) is 0.699. The molecule has 1 aliphatic carbocycles. The number of unbranched alkanes of at least 4 members (excludes halogenated alkanes) is 5. The molecular formula is C14H27Br. The molecule has 1 aliphatic rings. The average molecular weight is 275 g/mol.